The molecular weight excluding hydrogens is 318 g/mol. The summed E-state index contributed by atoms with van der Waals surface area (Å²) >= 11 is 0. The molecule has 6 nitrogen and oxygen atoms in total. The highest BCUT2D eigenvalue weighted by atomic mass is 16.5. The fourth-order valence-corrected chi connectivity index (χ4v) is 2.46. The Morgan fingerprint density at radius 1 is 1.32 bits per heavy atom. The molecule has 0 unspecified atom stereocenters. The molecule has 0 aliphatic rings. The molecule has 0 radical (unpaired) electrons. The first-order chi connectivity index (χ1) is 12.1. The number of phenolic OH excluding ortho intramolecular Hbond substituents is 1. The molecule has 0 spiro atoms. The number of methoxy groups -OCH3 is 1. The second-order valence-electron chi connectivity index (χ2n) is 5.30. The SMILES string of the molecule is CCOc1cc(/C=C(/C#N)c2nc3ccc(OC)cc3[nH]2)ccc1O. The van der Waals surface area contributed by atoms with E-state index in [0.717, 1.165) is 16.6 Å². The second kappa shape index (κ2) is 6.97. The van der Waals surface area contributed by atoms with Gasteiger partial charge in [-0.05, 0) is 42.8 Å². The predicted molar refractivity (Wildman–Crippen MR) is 95.4 cm³/mol. The Morgan fingerprint density at radius 2 is 2.16 bits per heavy atom. The van der Waals surface area contributed by atoms with E-state index in [4.69, 9.17) is 9.47 Å². The molecule has 0 fully saturated rings. The number of nitrogens with zero attached hydrogens (tertiary/aromatic N) is 2. The van der Waals surface area contributed by atoms with Crippen molar-refractivity contribution in [1.82, 2.24) is 9.97 Å². The molecule has 2 aromatic carbocycles. The van der Waals surface area contributed by atoms with Gasteiger partial charge in [0.1, 0.15) is 17.6 Å². The second-order valence-corrected chi connectivity index (χ2v) is 5.30. The van der Waals surface area contributed by atoms with Crippen molar-refractivity contribution in [1.29, 1.82) is 5.26 Å². The third-order valence-electron chi connectivity index (χ3n) is 3.66. The summed E-state index contributed by atoms with van der Waals surface area (Å²) < 4.78 is 10.6. The number of ether oxygens (including phenoxy) is 2. The molecule has 0 saturated heterocycles. The number of aromatic nitrogens is 2. The van der Waals surface area contributed by atoms with E-state index in [1.165, 1.54) is 6.07 Å². The summed E-state index contributed by atoms with van der Waals surface area (Å²) in [6, 6.07) is 12.6. The van der Waals surface area contributed by atoms with Crippen molar-refractivity contribution in [3.05, 3.63) is 47.8 Å². The summed E-state index contributed by atoms with van der Waals surface area (Å²) in [7, 11) is 1.60. The number of aromatic hydroxyl groups is 1. The number of allylic oxidation sites excluding steroid dienone is 1. The Bertz CT molecular complexity index is 983. The van der Waals surface area contributed by atoms with E-state index in [9.17, 15) is 10.4 Å². The van der Waals surface area contributed by atoms with Gasteiger partial charge in [-0.3, -0.25) is 0 Å². The van der Waals surface area contributed by atoms with Crippen molar-refractivity contribution in [2.75, 3.05) is 13.7 Å². The van der Waals surface area contributed by atoms with Gasteiger partial charge < -0.3 is 19.6 Å². The molecule has 126 valence electrons. The third kappa shape index (κ3) is 3.40. The van der Waals surface area contributed by atoms with Crippen molar-refractivity contribution in [2.24, 2.45) is 0 Å². The number of nitrogens with one attached hydrogen (secondary N) is 1. The highest BCUT2D eigenvalue weighted by Gasteiger charge is 2.10. The maximum Gasteiger partial charge on any atom is 0.161 e. The molecule has 0 aliphatic carbocycles. The lowest BCUT2D eigenvalue weighted by Gasteiger charge is -2.06. The molecule has 0 saturated carbocycles. The van der Waals surface area contributed by atoms with Crippen LogP contribution in [0.3, 0.4) is 0 Å². The van der Waals surface area contributed by atoms with Gasteiger partial charge in [0, 0.05) is 6.07 Å². The summed E-state index contributed by atoms with van der Waals surface area (Å²) in [4.78, 5) is 7.58. The van der Waals surface area contributed by atoms with Gasteiger partial charge in [-0.25, -0.2) is 4.98 Å². The topological polar surface area (TPSA) is 91.2 Å². The highest BCUT2D eigenvalue weighted by molar-refractivity contribution is 5.90. The van der Waals surface area contributed by atoms with Crippen LogP contribution in [0.15, 0.2) is 36.4 Å². The number of hydrogen-bond acceptors (Lipinski definition) is 5. The van der Waals surface area contributed by atoms with Crippen LogP contribution in [-0.4, -0.2) is 28.8 Å². The van der Waals surface area contributed by atoms with E-state index in [0.29, 0.717) is 29.5 Å². The average molecular weight is 335 g/mol. The monoisotopic (exact) mass is 335 g/mol. The summed E-state index contributed by atoms with van der Waals surface area (Å²) in [5.41, 5.74) is 2.65. The highest BCUT2D eigenvalue weighted by Crippen LogP contribution is 2.29. The normalized spacial score (nSPS) is 11.3. The predicted octanol–water partition coefficient (Wildman–Crippen LogP) is 3.74. The number of fused-ring (bicyclic) bond motifs is 1. The van der Waals surface area contributed by atoms with Crippen molar-refractivity contribution in [2.45, 2.75) is 6.92 Å². The molecule has 1 aromatic heterocycles. The van der Waals surface area contributed by atoms with E-state index < -0.39 is 0 Å². The van der Waals surface area contributed by atoms with Crippen molar-refractivity contribution < 1.29 is 14.6 Å². The number of H-pyrrole nitrogens is 1. The van der Waals surface area contributed by atoms with E-state index in [1.807, 2.05) is 25.1 Å². The van der Waals surface area contributed by atoms with Crippen LogP contribution >= 0.6 is 0 Å². The Balaban J connectivity index is 2.01. The minimum atomic E-state index is 0.0633. The van der Waals surface area contributed by atoms with Crippen LogP contribution in [0.25, 0.3) is 22.7 Å². The number of aromatic amines is 1. The Morgan fingerprint density at radius 3 is 2.88 bits per heavy atom. The third-order valence-corrected chi connectivity index (χ3v) is 3.66. The summed E-state index contributed by atoms with van der Waals surface area (Å²) in [5.74, 6) is 1.62. The number of benzene rings is 2. The minimum absolute atomic E-state index is 0.0633. The number of phenols is 1. The van der Waals surface area contributed by atoms with Crippen molar-refractivity contribution in [3.8, 4) is 23.3 Å². The van der Waals surface area contributed by atoms with Gasteiger partial charge in [0.05, 0.1) is 30.3 Å². The molecule has 2 N–H and O–H groups in total. The number of hydrogen-bond donors (Lipinski definition) is 2. The molecule has 3 rings (SSSR count). The molecule has 1 heterocycles. The van der Waals surface area contributed by atoms with Crippen LogP contribution in [0.5, 0.6) is 17.2 Å². The Kier molecular flexibility index (Phi) is 4.57. The molecule has 6 heteroatoms. The lowest BCUT2D eigenvalue weighted by molar-refractivity contribution is 0.318. The standard InChI is InChI=1S/C19H17N3O3/c1-3-25-18-9-12(4-7-17(18)23)8-13(11-20)19-21-15-6-5-14(24-2)10-16(15)22-19/h4-10,23H,3H2,1-2H3,(H,21,22)/b13-8-. The van der Waals surface area contributed by atoms with E-state index in [2.05, 4.69) is 16.0 Å². The van der Waals surface area contributed by atoms with Crippen LogP contribution < -0.4 is 9.47 Å². The fourth-order valence-electron chi connectivity index (χ4n) is 2.46. The Hall–Kier alpha value is -3.46. The van der Waals surface area contributed by atoms with Gasteiger partial charge in [-0.15, -0.1) is 0 Å². The quantitative estimate of drug-likeness (QED) is 0.693. The summed E-state index contributed by atoms with van der Waals surface area (Å²) in [5, 5.41) is 19.3. The zero-order chi connectivity index (χ0) is 17.8. The van der Waals surface area contributed by atoms with Gasteiger partial charge in [-0.1, -0.05) is 6.07 Å². The lowest BCUT2D eigenvalue weighted by Crippen LogP contribution is -1.92. The Labute approximate surface area is 145 Å². The first kappa shape index (κ1) is 16.4. The van der Waals surface area contributed by atoms with Gasteiger partial charge in [0.2, 0.25) is 0 Å². The number of imidazole rings is 1. The van der Waals surface area contributed by atoms with Crippen molar-refractivity contribution >= 4 is 22.7 Å². The fraction of sp³-hybridized carbons (Fsp3) is 0.158. The average Bonchev–Trinajstić information content (AvgIpc) is 3.05. The van der Waals surface area contributed by atoms with Gasteiger partial charge >= 0.3 is 0 Å². The molecular formula is C19H17N3O3. The molecule has 0 atom stereocenters. The van der Waals surface area contributed by atoms with E-state index >= 15 is 0 Å². The number of rotatable bonds is 5. The van der Waals surface area contributed by atoms with Crippen LogP contribution in [0.1, 0.15) is 18.3 Å². The molecule has 0 aliphatic heterocycles. The van der Waals surface area contributed by atoms with Gasteiger partial charge in [0.25, 0.3) is 0 Å². The van der Waals surface area contributed by atoms with Gasteiger partial charge in [-0.2, -0.15) is 5.26 Å². The maximum absolute atomic E-state index is 9.78. The smallest absolute Gasteiger partial charge is 0.161 e. The van der Waals surface area contributed by atoms with Crippen LogP contribution in [-0.2, 0) is 0 Å². The zero-order valence-corrected chi connectivity index (χ0v) is 13.9. The van der Waals surface area contributed by atoms with Gasteiger partial charge in [0.15, 0.2) is 11.5 Å². The number of nitriles is 1. The summed E-state index contributed by atoms with van der Waals surface area (Å²) in [6.45, 7) is 2.28. The minimum Gasteiger partial charge on any atom is -0.504 e. The first-order valence-electron chi connectivity index (χ1n) is 7.76. The van der Waals surface area contributed by atoms with Crippen LogP contribution in [0, 0.1) is 11.3 Å². The van der Waals surface area contributed by atoms with Crippen LogP contribution in [0.4, 0.5) is 0 Å². The molecule has 25 heavy (non-hydrogen) atoms. The van der Waals surface area contributed by atoms with Crippen molar-refractivity contribution in [3.63, 3.8) is 0 Å². The zero-order valence-electron chi connectivity index (χ0n) is 13.9. The van der Waals surface area contributed by atoms with E-state index in [1.54, 1.807) is 25.3 Å². The van der Waals surface area contributed by atoms with Crippen LogP contribution in [0.2, 0.25) is 0 Å². The molecule has 3 aromatic rings. The summed E-state index contributed by atoms with van der Waals surface area (Å²) in [6.07, 6.45) is 1.69. The lowest BCUT2D eigenvalue weighted by atomic mass is 10.1. The first-order valence-corrected chi connectivity index (χ1v) is 7.76. The maximum atomic E-state index is 9.78. The molecule has 0 amide bonds. The van der Waals surface area contributed by atoms with E-state index in [-0.39, 0.29) is 5.75 Å². The molecule has 0 bridgehead atoms. The largest absolute Gasteiger partial charge is 0.504 e.